The second-order valence-corrected chi connectivity index (χ2v) is 5.73. The van der Waals surface area contributed by atoms with Gasteiger partial charge in [-0.05, 0) is 38.5 Å². The van der Waals surface area contributed by atoms with Crippen LogP contribution in [0.1, 0.15) is 59.3 Å². The Hall–Kier alpha value is -0.830. The third-order valence-electron chi connectivity index (χ3n) is 4.09. The van der Waals surface area contributed by atoms with Crippen LogP contribution in [-0.4, -0.2) is 23.2 Å². The first-order valence-corrected chi connectivity index (χ1v) is 7.12. The van der Waals surface area contributed by atoms with Gasteiger partial charge < -0.3 is 10.4 Å². The van der Waals surface area contributed by atoms with Crippen LogP contribution < -0.4 is 5.32 Å². The molecule has 0 radical (unpaired) electrons. The Labute approximate surface area is 111 Å². The van der Waals surface area contributed by atoms with Crippen molar-refractivity contribution in [3.8, 4) is 0 Å². The van der Waals surface area contributed by atoms with E-state index >= 15 is 0 Å². The molecule has 0 bridgehead atoms. The summed E-state index contributed by atoms with van der Waals surface area (Å²) in [6, 6.07) is 0. The Morgan fingerprint density at radius 3 is 2.83 bits per heavy atom. The van der Waals surface area contributed by atoms with Crippen LogP contribution in [0.15, 0.2) is 11.6 Å². The summed E-state index contributed by atoms with van der Waals surface area (Å²) in [5.74, 6) is 0.221. The van der Waals surface area contributed by atoms with Crippen LogP contribution in [0, 0.1) is 5.92 Å². The molecule has 2 atom stereocenters. The van der Waals surface area contributed by atoms with Crippen molar-refractivity contribution in [2.75, 3.05) is 6.54 Å². The van der Waals surface area contributed by atoms with Gasteiger partial charge in [0.2, 0.25) is 5.91 Å². The molecule has 18 heavy (non-hydrogen) atoms. The highest BCUT2D eigenvalue weighted by molar-refractivity contribution is 5.78. The monoisotopic (exact) mass is 253 g/mol. The molecule has 2 unspecified atom stereocenters. The van der Waals surface area contributed by atoms with Crippen molar-refractivity contribution < 1.29 is 9.90 Å². The van der Waals surface area contributed by atoms with E-state index in [-0.39, 0.29) is 11.8 Å². The normalized spacial score (nSPS) is 20.8. The van der Waals surface area contributed by atoms with Gasteiger partial charge in [-0.2, -0.15) is 0 Å². The van der Waals surface area contributed by atoms with Crippen molar-refractivity contribution in [3.63, 3.8) is 0 Å². The van der Waals surface area contributed by atoms with E-state index in [9.17, 15) is 9.90 Å². The maximum Gasteiger partial charge on any atom is 0.224 e. The van der Waals surface area contributed by atoms with E-state index < -0.39 is 5.60 Å². The summed E-state index contributed by atoms with van der Waals surface area (Å²) in [4.78, 5) is 11.8. The second kappa shape index (κ2) is 6.93. The summed E-state index contributed by atoms with van der Waals surface area (Å²) in [5.41, 5.74) is 0.438. The van der Waals surface area contributed by atoms with Crippen molar-refractivity contribution in [2.45, 2.75) is 64.9 Å². The van der Waals surface area contributed by atoms with Gasteiger partial charge in [0.25, 0.3) is 0 Å². The summed E-state index contributed by atoms with van der Waals surface area (Å²) in [6.45, 7) is 6.19. The molecule has 2 N–H and O–H groups in total. The first-order chi connectivity index (χ1) is 8.45. The summed E-state index contributed by atoms with van der Waals surface area (Å²) in [5, 5.41) is 13.1. The zero-order valence-electron chi connectivity index (χ0n) is 12.0. The number of amides is 1. The van der Waals surface area contributed by atoms with Crippen LogP contribution in [0.2, 0.25) is 0 Å². The average molecular weight is 253 g/mol. The van der Waals surface area contributed by atoms with Gasteiger partial charge in [-0.3, -0.25) is 4.79 Å². The zero-order chi connectivity index (χ0) is 13.6. The molecule has 1 aliphatic rings. The Bertz CT molecular complexity index is 308. The molecule has 0 saturated heterocycles. The number of nitrogens with one attached hydrogen (secondary N) is 1. The van der Waals surface area contributed by atoms with Gasteiger partial charge in [-0.15, -0.1) is 0 Å². The van der Waals surface area contributed by atoms with Crippen molar-refractivity contribution in [1.29, 1.82) is 0 Å². The average Bonchev–Trinajstić information content (AvgIpc) is 2.36. The molecule has 3 nitrogen and oxygen atoms in total. The summed E-state index contributed by atoms with van der Waals surface area (Å²) < 4.78 is 0. The van der Waals surface area contributed by atoms with E-state index in [1.54, 1.807) is 6.92 Å². The van der Waals surface area contributed by atoms with Crippen LogP contribution in [0.5, 0.6) is 0 Å². The topological polar surface area (TPSA) is 49.3 Å². The van der Waals surface area contributed by atoms with Crippen LogP contribution in [-0.2, 0) is 4.79 Å². The van der Waals surface area contributed by atoms with E-state index in [2.05, 4.69) is 11.4 Å². The number of carbonyl (C=O) groups excluding carboxylic acids is 1. The smallest absolute Gasteiger partial charge is 0.224 e. The minimum absolute atomic E-state index is 0.0340. The Morgan fingerprint density at radius 2 is 2.28 bits per heavy atom. The molecule has 3 heteroatoms. The summed E-state index contributed by atoms with van der Waals surface area (Å²) in [7, 11) is 0. The molecule has 0 heterocycles. The lowest BCUT2D eigenvalue weighted by Gasteiger charge is -2.29. The molecule has 0 aromatic carbocycles. The Kier molecular flexibility index (Phi) is 5.86. The van der Waals surface area contributed by atoms with Gasteiger partial charge in [-0.1, -0.05) is 31.9 Å². The fourth-order valence-electron chi connectivity index (χ4n) is 2.23. The molecule has 0 fully saturated rings. The van der Waals surface area contributed by atoms with Crippen molar-refractivity contribution in [3.05, 3.63) is 11.6 Å². The lowest BCUT2D eigenvalue weighted by Crippen LogP contribution is -2.45. The van der Waals surface area contributed by atoms with Crippen molar-refractivity contribution in [2.24, 2.45) is 5.92 Å². The number of hydrogen-bond donors (Lipinski definition) is 2. The van der Waals surface area contributed by atoms with Crippen LogP contribution in [0.25, 0.3) is 0 Å². The third kappa shape index (κ3) is 4.81. The van der Waals surface area contributed by atoms with Crippen LogP contribution in [0.3, 0.4) is 0 Å². The second-order valence-electron chi connectivity index (χ2n) is 5.73. The molecule has 1 amide bonds. The van der Waals surface area contributed by atoms with Gasteiger partial charge in [-0.25, -0.2) is 0 Å². The molecule has 0 saturated carbocycles. The number of aliphatic hydroxyl groups is 1. The maximum absolute atomic E-state index is 11.8. The fraction of sp³-hybridized carbons (Fsp3) is 0.800. The van der Waals surface area contributed by atoms with E-state index in [0.717, 1.165) is 19.3 Å². The number of rotatable bonds is 6. The van der Waals surface area contributed by atoms with Gasteiger partial charge in [0.15, 0.2) is 0 Å². The molecule has 0 spiro atoms. The minimum Gasteiger partial charge on any atom is -0.388 e. The molecule has 0 aromatic heterocycles. The van der Waals surface area contributed by atoms with Gasteiger partial charge in [0.1, 0.15) is 0 Å². The van der Waals surface area contributed by atoms with Gasteiger partial charge >= 0.3 is 0 Å². The highest BCUT2D eigenvalue weighted by atomic mass is 16.3. The number of allylic oxidation sites excluding steroid dienone is 1. The maximum atomic E-state index is 11.8. The number of hydrogen-bond acceptors (Lipinski definition) is 2. The highest BCUT2D eigenvalue weighted by Gasteiger charge is 2.27. The standard InChI is InChI=1S/C15H27NO2/c1-4-12(2)15(3,18)11-16-14(17)10-13-8-6-5-7-9-13/h8,12,18H,4-7,9-11H2,1-3H3,(H,16,17). The lowest BCUT2D eigenvalue weighted by atomic mass is 9.88. The minimum atomic E-state index is -0.814. The predicted octanol–water partition coefficient (Wildman–Crippen LogP) is 2.79. The predicted molar refractivity (Wildman–Crippen MR) is 74.3 cm³/mol. The van der Waals surface area contributed by atoms with Gasteiger partial charge in [0, 0.05) is 13.0 Å². The van der Waals surface area contributed by atoms with E-state index in [0.29, 0.717) is 13.0 Å². The van der Waals surface area contributed by atoms with Gasteiger partial charge in [0.05, 0.1) is 5.60 Å². The van der Waals surface area contributed by atoms with Crippen molar-refractivity contribution in [1.82, 2.24) is 5.32 Å². The molecule has 0 aromatic rings. The molecule has 0 aliphatic heterocycles. The van der Waals surface area contributed by atoms with E-state index in [1.807, 2.05) is 13.8 Å². The van der Waals surface area contributed by atoms with Crippen molar-refractivity contribution >= 4 is 5.91 Å². The zero-order valence-corrected chi connectivity index (χ0v) is 12.0. The van der Waals surface area contributed by atoms with Crippen LogP contribution >= 0.6 is 0 Å². The molecular formula is C15H27NO2. The number of carbonyl (C=O) groups is 1. The SMILES string of the molecule is CCC(C)C(C)(O)CNC(=O)CC1=CCCCC1. The Morgan fingerprint density at radius 1 is 1.56 bits per heavy atom. The quantitative estimate of drug-likeness (QED) is 0.715. The fourth-order valence-corrected chi connectivity index (χ4v) is 2.23. The highest BCUT2D eigenvalue weighted by Crippen LogP contribution is 2.21. The molecule has 104 valence electrons. The van der Waals surface area contributed by atoms with E-state index in [4.69, 9.17) is 0 Å². The van der Waals surface area contributed by atoms with Crippen LogP contribution in [0.4, 0.5) is 0 Å². The third-order valence-corrected chi connectivity index (χ3v) is 4.09. The molecule has 1 rings (SSSR count). The largest absolute Gasteiger partial charge is 0.388 e. The summed E-state index contributed by atoms with van der Waals surface area (Å²) >= 11 is 0. The first-order valence-electron chi connectivity index (χ1n) is 7.12. The molecular weight excluding hydrogens is 226 g/mol. The van der Waals surface area contributed by atoms with E-state index in [1.165, 1.54) is 18.4 Å². The summed E-state index contributed by atoms with van der Waals surface area (Å²) in [6.07, 6.45) is 8.19. The first kappa shape index (κ1) is 15.2. The molecule has 1 aliphatic carbocycles. The Balaban J connectivity index is 2.34. The lowest BCUT2D eigenvalue weighted by molar-refractivity contribution is -0.122.